The summed E-state index contributed by atoms with van der Waals surface area (Å²) in [6.07, 6.45) is 0. The normalized spacial score (nSPS) is 28.8. The molecule has 3 nitrogen and oxygen atoms in total. The van der Waals surface area contributed by atoms with Crippen molar-refractivity contribution in [3.8, 4) is 0 Å². The van der Waals surface area contributed by atoms with Crippen LogP contribution in [0.15, 0.2) is 0 Å². The zero-order valence-electron chi connectivity index (χ0n) is 6.59. The third kappa shape index (κ3) is 1.17. The Balaban J connectivity index is 2.48. The second-order valence-corrected chi connectivity index (χ2v) is 3.37. The minimum absolute atomic E-state index is 0.139. The Morgan fingerprint density at radius 3 is 2.30 bits per heavy atom. The van der Waals surface area contributed by atoms with E-state index in [0.29, 0.717) is 5.92 Å². The Hall–Kier alpha value is -0.120. The van der Waals surface area contributed by atoms with Gasteiger partial charge >= 0.3 is 0 Å². The van der Waals surface area contributed by atoms with Gasteiger partial charge in [-0.3, -0.25) is 0 Å². The minimum Gasteiger partial charge on any atom is -0.388 e. The van der Waals surface area contributed by atoms with Gasteiger partial charge in [0.05, 0.1) is 5.60 Å². The Bertz CT molecular complexity index is 119. The SMILES string of the molecule is CC(N)C(C)(O)C1CNC1. The number of hydrogen-bond donors (Lipinski definition) is 3. The molecule has 4 N–H and O–H groups in total. The van der Waals surface area contributed by atoms with E-state index in [4.69, 9.17) is 5.73 Å². The van der Waals surface area contributed by atoms with Crippen LogP contribution in [-0.4, -0.2) is 29.8 Å². The summed E-state index contributed by atoms with van der Waals surface area (Å²) in [7, 11) is 0. The van der Waals surface area contributed by atoms with Gasteiger partial charge in [0.15, 0.2) is 0 Å². The van der Waals surface area contributed by atoms with Gasteiger partial charge in [0.25, 0.3) is 0 Å². The molecular formula is C7H16N2O. The Morgan fingerprint density at radius 2 is 2.20 bits per heavy atom. The lowest BCUT2D eigenvalue weighted by Crippen LogP contribution is -2.60. The average Bonchev–Trinajstić information content (AvgIpc) is 1.57. The van der Waals surface area contributed by atoms with Crippen molar-refractivity contribution in [3.05, 3.63) is 0 Å². The molecule has 3 heteroatoms. The number of hydrogen-bond acceptors (Lipinski definition) is 3. The van der Waals surface area contributed by atoms with E-state index in [1.54, 1.807) is 0 Å². The highest BCUT2D eigenvalue weighted by atomic mass is 16.3. The van der Waals surface area contributed by atoms with Gasteiger partial charge in [-0.15, -0.1) is 0 Å². The van der Waals surface area contributed by atoms with Crippen LogP contribution in [0.4, 0.5) is 0 Å². The van der Waals surface area contributed by atoms with Crippen molar-refractivity contribution in [2.75, 3.05) is 13.1 Å². The summed E-state index contributed by atoms with van der Waals surface area (Å²) in [6.45, 7) is 5.45. The van der Waals surface area contributed by atoms with Crippen molar-refractivity contribution < 1.29 is 5.11 Å². The molecule has 0 bridgehead atoms. The lowest BCUT2D eigenvalue weighted by atomic mass is 9.80. The number of rotatable bonds is 2. The van der Waals surface area contributed by atoms with Gasteiger partial charge in [0.1, 0.15) is 0 Å². The van der Waals surface area contributed by atoms with Crippen LogP contribution in [0.1, 0.15) is 13.8 Å². The van der Waals surface area contributed by atoms with Gasteiger partial charge < -0.3 is 16.2 Å². The smallest absolute Gasteiger partial charge is 0.0819 e. The average molecular weight is 144 g/mol. The minimum atomic E-state index is -0.689. The predicted molar refractivity (Wildman–Crippen MR) is 40.6 cm³/mol. The van der Waals surface area contributed by atoms with E-state index in [2.05, 4.69) is 5.32 Å². The van der Waals surface area contributed by atoms with E-state index in [0.717, 1.165) is 13.1 Å². The fourth-order valence-corrected chi connectivity index (χ4v) is 1.07. The van der Waals surface area contributed by atoms with Gasteiger partial charge in [-0.1, -0.05) is 0 Å². The maximum atomic E-state index is 9.75. The molecule has 10 heavy (non-hydrogen) atoms. The summed E-state index contributed by atoms with van der Waals surface area (Å²) in [5.41, 5.74) is 4.91. The molecule has 1 fully saturated rings. The predicted octanol–water partition coefficient (Wildman–Crippen LogP) is -0.696. The number of aliphatic hydroxyl groups is 1. The van der Waals surface area contributed by atoms with Crippen LogP contribution in [0.25, 0.3) is 0 Å². The van der Waals surface area contributed by atoms with E-state index in [-0.39, 0.29) is 6.04 Å². The highest BCUT2D eigenvalue weighted by Crippen LogP contribution is 2.23. The van der Waals surface area contributed by atoms with Gasteiger partial charge in [-0.2, -0.15) is 0 Å². The Morgan fingerprint density at radius 1 is 1.70 bits per heavy atom. The molecule has 0 radical (unpaired) electrons. The summed E-state index contributed by atoms with van der Waals surface area (Å²) < 4.78 is 0. The third-order valence-corrected chi connectivity index (χ3v) is 2.53. The van der Waals surface area contributed by atoms with Crippen molar-refractivity contribution in [1.82, 2.24) is 5.32 Å². The fourth-order valence-electron chi connectivity index (χ4n) is 1.07. The second kappa shape index (κ2) is 2.49. The molecule has 1 heterocycles. The largest absolute Gasteiger partial charge is 0.388 e. The van der Waals surface area contributed by atoms with Crippen molar-refractivity contribution in [2.24, 2.45) is 11.7 Å². The van der Waals surface area contributed by atoms with Crippen LogP contribution < -0.4 is 11.1 Å². The molecule has 0 aromatic carbocycles. The first kappa shape index (κ1) is 7.98. The topological polar surface area (TPSA) is 58.3 Å². The quantitative estimate of drug-likeness (QED) is 0.480. The highest BCUT2D eigenvalue weighted by molar-refractivity contribution is 4.95. The Labute approximate surface area is 61.6 Å². The van der Waals surface area contributed by atoms with Crippen molar-refractivity contribution in [3.63, 3.8) is 0 Å². The van der Waals surface area contributed by atoms with E-state index in [1.165, 1.54) is 0 Å². The second-order valence-electron chi connectivity index (χ2n) is 3.37. The van der Waals surface area contributed by atoms with E-state index < -0.39 is 5.60 Å². The van der Waals surface area contributed by atoms with Gasteiger partial charge in [0.2, 0.25) is 0 Å². The third-order valence-electron chi connectivity index (χ3n) is 2.53. The van der Waals surface area contributed by atoms with E-state index in [1.807, 2.05) is 13.8 Å². The molecule has 0 saturated carbocycles. The molecule has 0 amide bonds. The molecule has 1 rings (SSSR count). The molecule has 2 atom stereocenters. The van der Waals surface area contributed by atoms with Gasteiger partial charge in [0, 0.05) is 25.0 Å². The standard InChI is InChI=1S/C7H16N2O/c1-5(8)7(2,10)6-3-9-4-6/h5-6,9-10H,3-4,8H2,1-2H3. The molecule has 0 spiro atoms. The first-order chi connectivity index (χ1) is 4.55. The molecule has 1 saturated heterocycles. The molecular weight excluding hydrogens is 128 g/mol. The maximum Gasteiger partial charge on any atom is 0.0819 e. The van der Waals surface area contributed by atoms with Gasteiger partial charge in [-0.25, -0.2) is 0 Å². The Kier molecular flexibility index (Phi) is 1.99. The van der Waals surface area contributed by atoms with Gasteiger partial charge in [-0.05, 0) is 13.8 Å². The zero-order chi connectivity index (χ0) is 7.78. The fraction of sp³-hybridized carbons (Fsp3) is 1.00. The van der Waals surface area contributed by atoms with Crippen molar-refractivity contribution in [2.45, 2.75) is 25.5 Å². The zero-order valence-corrected chi connectivity index (χ0v) is 6.59. The van der Waals surface area contributed by atoms with Crippen LogP contribution in [0.2, 0.25) is 0 Å². The lowest BCUT2D eigenvalue weighted by molar-refractivity contribution is -0.0392. The van der Waals surface area contributed by atoms with Crippen molar-refractivity contribution >= 4 is 0 Å². The van der Waals surface area contributed by atoms with Crippen LogP contribution >= 0.6 is 0 Å². The van der Waals surface area contributed by atoms with Crippen LogP contribution in [-0.2, 0) is 0 Å². The summed E-state index contributed by atoms with van der Waals surface area (Å²) in [4.78, 5) is 0. The maximum absolute atomic E-state index is 9.75. The summed E-state index contributed by atoms with van der Waals surface area (Å²) in [5.74, 6) is 0.340. The molecule has 2 unspecified atom stereocenters. The van der Waals surface area contributed by atoms with Crippen LogP contribution in [0, 0.1) is 5.92 Å². The van der Waals surface area contributed by atoms with E-state index >= 15 is 0 Å². The number of nitrogens with one attached hydrogen (secondary N) is 1. The summed E-state index contributed by atoms with van der Waals surface area (Å²) >= 11 is 0. The lowest BCUT2D eigenvalue weighted by Gasteiger charge is -2.41. The molecule has 0 aromatic heterocycles. The summed E-state index contributed by atoms with van der Waals surface area (Å²) in [6, 6.07) is -0.139. The monoisotopic (exact) mass is 144 g/mol. The number of nitrogens with two attached hydrogens (primary N) is 1. The summed E-state index contributed by atoms with van der Waals surface area (Å²) in [5, 5.41) is 12.9. The highest BCUT2D eigenvalue weighted by Gasteiger charge is 2.38. The molecule has 60 valence electrons. The molecule has 1 aliphatic rings. The first-order valence-electron chi connectivity index (χ1n) is 3.74. The first-order valence-corrected chi connectivity index (χ1v) is 3.74. The molecule has 1 aliphatic heterocycles. The van der Waals surface area contributed by atoms with Crippen molar-refractivity contribution in [1.29, 1.82) is 0 Å². The van der Waals surface area contributed by atoms with Crippen LogP contribution in [0.3, 0.4) is 0 Å². The van der Waals surface area contributed by atoms with Crippen LogP contribution in [0.5, 0.6) is 0 Å². The molecule has 0 aliphatic carbocycles. The molecule has 0 aromatic rings. The van der Waals surface area contributed by atoms with E-state index in [9.17, 15) is 5.11 Å².